The van der Waals surface area contributed by atoms with Crippen LogP contribution in [0.1, 0.15) is 26.2 Å². The van der Waals surface area contributed by atoms with E-state index in [0.29, 0.717) is 17.8 Å². The van der Waals surface area contributed by atoms with Gasteiger partial charge in [-0.3, -0.25) is 0 Å². The molecule has 0 aliphatic rings. The number of hydrogen-bond acceptors (Lipinski definition) is 5. The summed E-state index contributed by atoms with van der Waals surface area (Å²) >= 11 is 0. The molecule has 0 saturated heterocycles. The minimum absolute atomic E-state index is 0.319. The van der Waals surface area contributed by atoms with Crippen molar-refractivity contribution in [1.82, 2.24) is 15.5 Å². The molecule has 5 nitrogen and oxygen atoms in total. The van der Waals surface area contributed by atoms with Crippen molar-refractivity contribution in [2.45, 2.75) is 32.7 Å². The van der Waals surface area contributed by atoms with Crippen molar-refractivity contribution in [3.8, 4) is 11.4 Å². The number of fused-ring (bicyclic) bond motifs is 1. The fraction of sp³-hybridized carbons (Fsp3) is 0.375. The highest BCUT2D eigenvalue weighted by Crippen LogP contribution is 2.28. The number of hydrogen-bond donors (Lipinski definition) is 1. The number of para-hydroxylation sites is 1. The fourth-order valence-electron chi connectivity index (χ4n) is 2.32. The number of rotatable bonds is 6. The molecule has 5 heteroatoms. The maximum Gasteiger partial charge on any atom is 0.228 e. The molecule has 1 unspecified atom stereocenters. The molecule has 2 heterocycles. The highest BCUT2D eigenvalue weighted by Gasteiger charge is 2.15. The average molecular weight is 285 g/mol. The summed E-state index contributed by atoms with van der Waals surface area (Å²) in [6.07, 6.45) is 3.52. The largest absolute Gasteiger partial charge is 0.464 e. The molecular weight excluding hydrogens is 266 g/mol. The summed E-state index contributed by atoms with van der Waals surface area (Å²) in [7, 11) is 0. The summed E-state index contributed by atoms with van der Waals surface area (Å²) in [5.41, 5.74) is 1.70. The number of nitrogens with zero attached hydrogens (tertiary/aromatic N) is 2. The lowest BCUT2D eigenvalue weighted by Crippen LogP contribution is -2.28. The second-order valence-corrected chi connectivity index (χ2v) is 5.22. The van der Waals surface area contributed by atoms with E-state index in [1.54, 1.807) is 6.26 Å². The van der Waals surface area contributed by atoms with Crippen molar-refractivity contribution in [2.75, 3.05) is 6.54 Å². The quantitative estimate of drug-likeness (QED) is 0.752. The van der Waals surface area contributed by atoms with Crippen LogP contribution in [0.25, 0.3) is 22.4 Å². The van der Waals surface area contributed by atoms with Crippen molar-refractivity contribution in [2.24, 2.45) is 0 Å². The summed E-state index contributed by atoms with van der Waals surface area (Å²) in [6.45, 7) is 5.26. The van der Waals surface area contributed by atoms with Crippen molar-refractivity contribution < 1.29 is 8.94 Å². The van der Waals surface area contributed by atoms with Gasteiger partial charge in [0.05, 0.1) is 5.56 Å². The lowest BCUT2D eigenvalue weighted by atomic mass is 10.1. The third-order valence-corrected chi connectivity index (χ3v) is 3.41. The average Bonchev–Trinajstić information content (AvgIpc) is 3.11. The molecule has 1 atom stereocenters. The maximum absolute atomic E-state index is 5.51. The highest BCUT2D eigenvalue weighted by atomic mass is 16.5. The Balaban J connectivity index is 1.78. The first-order valence-electron chi connectivity index (χ1n) is 7.30. The minimum atomic E-state index is 0.319. The van der Waals surface area contributed by atoms with Gasteiger partial charge in [-0.05, 0) is 26.0 Å². The predicted molar refractivity (Wildman–Crippen MR) is 81.0 cm³/mol. The zero-order chi connectivity index (χ0) is 14.7. The molecule has 21 heavy (non-hydrogen) atoms. The molecule has 3 rings (SSSR count). The molecule has 2 aromatic heterocycles. The van der Waals surface area contributed by atoms with Gasteiger partial charge in [0.15, 0.2) is 0 Å². The van der Waals surface area contributed by atoms with Crippen LogP contribution >= 0.6 is 0 Å². The molecule has 0 spiro atoms. The molecule has 1 N–H and O–H groups in total. The smallest absolute Gasteiger partial charge is 0.228 e. The van der Waals surface area contributed by atoms with Gasteiger partial charge in [-0.1, -0.05) is 30.3 Å². The van der Waals surface area contributed by atoms with Crippen molar-refractivity contribution in [3.63, 3.8) is 0 Å². The molecule has 0 saturated carbocycles. The van der Waals surface area contributed by atoms with E-state index in [9.17, 15) is 0 Å². The van der Waals surface area contributed by atoms with Crippen LogP contribution in [0.2, 0.25) is 0 Å². The first-order chi connectivity index (χ1) is 10.3. The zero-order valence-electron chi connectivity index (χ0n) is 12.3. The van der Waals surface area contributed by atoms with Gasteiger partial charge in [0.2, 0.25) is 11.7 Å². The molecule has 0 radical (unpaired) electrons. The third kappa shape index (κ3) is 2.97. The van der Waals surface area contributed by atoms with Gasteiger partial charge in [-0.25, -0.2) is 0 Å². The molecule has 0 bridgehead atoms. The molecule has 0 aliphatic heterocycles. The van der Waals surface area contributed by atoms with Crippen LogP contribution < -0.4 is 5.32 Å². The SMILES string of the molecule is CCCNC(C)Cc1nc(-c2coc3ccccc23)no1. The Bertz CT molecular complexity index is 717. The second kappa shape index (κ2) is 6.10. The van der Waals surface area contributed by atoms with E-state index in [-0.39, 0.29) is 0 Å². The summed E-state index contributed by atoms with van der Waals surface area (Å²) in [6, 6.07) is 8.16. The van der Waals surface area contributed by atoms with Gasteiger partial charge in [0.25, 0.3) is 0 Å². The van der Waals surface area contributed by atoms with Gasteiger partial charge >= 0.3 is 0 Å². The van der Waals surface area contributed by atoms with Crippen LogP contribution in [0.3, 0.4) is 0 Å². The van der Waals surface area contributed by atoms with Crippen LogP contribution in [0.4, 0.5) is 0 Å². The Hall–Kier alpha value is -2.14. The molecular formula is C16H19N3O2. The van der Waals surface area contributed by atoms with E-state index in [1.807, 2.05) is 24.3 Å². The van der Waals surface area contributed by atoms with Gasteiger partial charge in [-0.2, -0.15) is 4.98 Å². The molecule has 3 aromatic rings. The van der Waals surface area contributed by atoms with Gasteiger partial charge in [0, 0.05) is 17.8 Å². The van der Waals surface area contributed by atoms with Gasteiger partial charge in [0.1, 0.15) is 11.8 Å². The Morgan fingerprint density at radius 2 is 2.14 bits per heavy atom. The summed E-state index contributed by atoms with van der Waals surface area (Å²) < 4.78 is 10.9. The van der Waals surface area contributed by atoms with E-state index < -0.39 is 0 Å². The minimum Gasteiger partial charge on any atom is -0.464 e. The van der Waals surface area contributed by atoms with Crippen LogP contribution in [-0.2, 0) is 6.42 Å². The van der Waals surface area contributed by atoms with Crippen molar-refractivity contribution in [3.05, 3.63) is 36.4 Å². The third-order valence-electron chi connectivity index (χ3n) is 3.41. The van der Waals surface area contributed by atoms with Crippen LogP contribution in [0.5, 0.6) is 0 Å². The van der Waals surface area contributed by atoms with Crippen LogP contribution in [0, 0.1) is 0 Å². The number of aromatic nitrogens is 2. The molecule has 0 amide bonds. The molecule has 0 fully saturated rings. The first-order valence-corrected chi connectivity index (χ1v) is 7.30. The molecule has 110 valence electrons. The van der Waals surface area contributed by atoms with Gasteiger partial charge in [-0.15, -0.1) is 0 Å². The Morgan fingerprint density at radius 3 is 3.00 bits per heavy atom. The van der Waals surface area contributed by atoms with E-state index in [1.165, 1.54) is 0 Å². The Kier molecular flexibility index (Phi) is 4.01. The standard InChI is InChI=1S/C16H19N3O2/c1-3-8-17-11(2)9-15-18-16(19-21-15)13-10-20-14-7-5-4-6-12(13)14/h4-7,10-11,17H,3,8-9H2,1-2H3. The first kappa shape index (κ1) is 13.8. The lowest BCUT2D eigenvalue weighted by Gasteiger charge is -2.09. The highest BCUT2D eigenvalue weighted by molar-refractivity contribution is 5.91. The second-order valence-electron chi connectivity index (χ2n) is 5.22. The van der Waals surface area contributed by atoms with Crippen LogP contribution in [0.15, 0.2) is 39.5 Å². The van der Waals surface area contributed by atoms with Crippen molar-refractivity contribution in [1.29, 1.82) is 0 Å². The number of benzene rings is 1. The predicted octanol–water partition coefficient (Wildman–Crippen LogP) is 3.41. The summed E-state index contributed by atoms with van der Waals surface area (Å²) in [4.78, 5) is 4.47. The maximum atomic E-state index is 5.51. The number of furan rings is 1. The van der Waals surface area contributed by atoms with E-state index >= 15 is 0 Å². The lowest BCUT2D eigenvalue weighted by molar-refractivity contribution is 0.362. The Morgan fingerprint density at radius 1 is 1.29 bits per heavy atom. The summed E-state index contributed by atoms with van der Waals surface area (Å²) in [5.74, 6) is 1.23. The zero-order valence-corrected chi connectivity index (χ0v) is 12.3. The monoisotopic (exact) mass is 285 g/mol. The fourth-order valence-corrected chi connectivity index (χ4v) is 2.32. The number of nitrogens with one attached hydrogen (secondary N) is 1. The van der Waals surface area contributed by atoms with E-state index in [4.69, 9.17) is 8.94 Å². The van der Waals surface area contributed by atoms with E-state index in [0.717, 1.165) is 35.9 Å². The topological polar surface area (TPSA) is 64.1 Å². The van der Waals surface area contributed by atoms with Crippen molar-refractivity contribution >= 4 is 11.0 Å². The van der Waals surface area contributed by atoms with Crippen LogP contribution in [-0.4, -0.2) is 22.7 Å². The Labute approximate surface area is 123 Å². The summed E-state index contributed by atoms with van der Waals surface area (Å²) in [5, 5.41) is 8.48. The van der Waals surface area contributed by atoms with Gasteiger partial charge < -0.3 is 14.3 Å². The van der Waals surface area contributed by atoms with E-state index in [2.05, 4.69) is 29.3 Å². The molecule has 0 aliphatic carbocycles. The molecule has 1 aromatic carbocycles. The normalized spacial score (nSPS) is 12.9.